The van der Waals surface area contributed by atoms with Crippen LogP contribution in [-0.2, 0) is 41.5 Å². The van der Waals surface area contributed by atoms with E-state index in [1.807, 2.05) is 79.4 Å². The smallest absolute Gasteiger partial charge is 0.408 e. The third kappa shape index (κ3) is 17.7. The Hall–Kier alpha value is -5.47. The number of urea groups is 1. The minimum Gasteiger partial charge on any atom is -0.444 e. The number of benzene rings is 2. The zero-order valence-electron chi connectivity index (χ0n) is 40.8. The number of nitrogens with zero attached hydrogens (tertiary/aromatic N) is 2. The van der Waals surface area contributed by atoms with Gasteiger partial charge in [-0.2, -0.15) is 0 Å². The lowest BCUT2D eigenvalue weighted by molar-refractivity contribution is -0.142. The fourth-order valence-electron chi connectivity index (χ4n) is 8.68. The topological polar surface area (TPSA) is 193 Å². The van der Waals surface area contributed by atoms with Crippen molar-refractivity contribution in [3.8, 4) is 0 Å². The molecule has 4 N–H and O–H groups in total. The van der Waals surface area contributed by atoms with Gasteiger partial charge in [0.15, 0.2) is 11.6 Å². The molecule has 2 aliphatic rings. The molecule has 2 aliphatic heterocycles. The van der Waals surface area contributed by atoms with Crippen molar-refractivity contribution >= 4 is 41.6 Å². The van der Waals surface area contributed by atoms with E-state index in [0.717, 1.165) is 24.0 Å². The highest BCUT2D eigenvalue weighted by Gasteiger charge is 2.47. The summed E-state index contributed by atoms with van der Waals surface area (Å²) in [5.41, 5.74) is 0.180. The minimum absolute atomic E-state index is 0.00457. The number of rotatable bonds is 21. The quantitative estimate of drug-likeness (QED) is 0.0955. The predicted octanol–water partition coefficient (Wildman–Crippen LogP) is 7.01. The summed E-state index contributed by atoms with van der Waals surface area (Å²) in [6, 6.07) is 16.6. The normalized spacial score (nSPS) is 16.5. The highest BCUT2D eigenvalue weighted by molar-refractivity contribution is 5.95. The summed E-state index contributed by atoms with van der Waals surface area (Å²) in [7, 11) is 1.61. The molecule has 0 saturated carbocycles. The Balaban J connectivity index is 1.53. The second-order valence-electron chi connectivity index (χ2n) is 20.7. The molecule has 0 aromatic heterocycles. The third-order valence-corrected chi connectivity index (χ3v) is 12.1. The van der Waals surface area contributed by atoms with E-state index in [4.69, 9.17) is 9.47 Å². The Morgan fingerprint density at radius 1 is 0.667 bits per heavy atom. The van der Waals surface area contributed by atoms with Gasteiger partial charge in [-0.25, -0.2) is 14.4 Å². The monoisotopic (exact) mass is 917 g/mol. The summed E-state index contributed by atoms with van der Waals surface area (Å²) in [6.07, 6.45) is 2.15. The molecular weight excluding hydrogens is 841 g/mol. The first-order valence-corrected chi connectivity index (χ1v) is 23.7. The summed E-state index contributed by atoms with van der Waals surface area (Å²) >= 11 is 0. The lowest BCUT2D eigenvalue weighted by Crippen LogP contribution is -2.63. The fourth-order valence-corrected chi connectivity index (χ4v) is 8.68. The van der Waals surface area contributed by atoms with Crippen molar-refractivity contribution in [3.63, 3.8) is 0 Å². The summed E-state index contributed by atoms with van der Waals surface area (Å²) in [4.78, 5) is 98.8. The van der Waals surface area contributed by atoms with E-state index in [1.165, 1.54) is 0 Å². The minimum atomic E-state index is -0.990. The number of likely N-dealkylation sites (tertiary alicyclic amines) is 2. The molecule has 4 rings (SSSR count). The van der Waals surface area contributed by atoms with Gasteiger partial charge in [-0.05, 0) is 104 Å². The van der Waals surface area contributed by atoms with E-state index >= 15 is 0 Å². The molecule has 0 aliphatic carbocycles. The standard InChI is InChI=1S/C51H76N6O9/c1-35(2)28-40(54-44(60)39(29-36-18-12-10-13-19-36)32-43(59)41(30-37-20-14-11-15-21-37)55-48(64)66-50(6,7)8)42(58)31-38(22-16-17-25-53-47(63)65-49(3,4)5)45(61)56-26-23-51(24-27-56)33-57(34-51)46(62)52-9/h10-15,18-21,35,38-41H,16-17,22-34H2,1-9H3,(H,52,62)(H,53,63)(H,54,60)(H,55,64)/t38-,39-,40+,41+/m0/s1. The zero-order valence-corrected chi connectivity index (χ0v) is 40.8. The lowest BCUT2D eigenvalue weighted by Gasteiger charge is -2.53. The molecule has 0 bridgehead atoms. The van der Waals surface area contributed by atoms with Crippen molar-refractivity contribution in [2.45, 2.75) is 143 Å². The fraction of sp³-hybridized carbons (Fsp3) is 0.627. The van der Waals surface area contributed by atoms with Gasteiger partial charge >= 0.3 is 18.2 Å². The van der Waals surface area contributed by atoms with E-state index in [1.54, 1.807) is 53.5 Å². The number of piperidine rings is 1. The SMILES string of the molecule is CNC(=O)N1CC2(CCN(C(=O)[C@@H](CCCCNC(=O)OC(C)(C)C)CC(=O)[C@@H](CC(C)C)NC(=O)[C@H](CC(=O)[C@@H](Cc3ccccc3)NC(=O)OC(C)(C)C)Cc3ccccc3)CC2)C1. The third-order valence-electron chi connectivity index (χ3n) is 12.1. The summed E-state index contributed by atoms with van der Waals surface area (Å²) in [5.74, 6) is -2.76. The van der Waals surface area contributed by atoms with Gasteiger partial charge in [0.1, 0.15) is 11.2 Å². The molecule has 0 unspecified atom stereocenters. The van der Waals surface area contributed by atoms with E-state index in [-0.39, 0.29) is 60.5 Å². The second-order valence-corrected chi connectivity index (χ2v) is 20.7. The maximum Gasteiger partial charge on any atom is 0.408 e. The number of hydrogen-bond donors (Lipinski definition) is 4. The van der Waals surface area contributed by atoms with Crippen LogP contribution in [0.3, 0.4) is 0 Å². The number of nitrogens with one attached hydrogen (secondary N) is 4. The van der Waals surface area contributed by atoms with Crippen LogP contribution in [-0.4, -0.2) is 114 Å². The second kappa shape index (κ2) is 24.3. The van der Waals surface area contributed by atoms with Gasteiger partial charge in [0.05, 0.1) is 12.1 Å². The van der Waals surface area contributed by atoms with Gasteiger partial charge < -0.3 is 40.5 Å². The summed E-state index contributed by atoms with van der Waals surface area (Å²) in [5, 5.41) is 11.2. The van der Waals surface area contributed by atoms with Crippen molar-refractivity contribution in [2.24, 2.45) is 23.2 Å². The van der Waals surface area contributed by atoms with Gasteiger partial charge in [-0.1, -0.05) is 80.9 Å². The number of amides is 6. The van der Waals surface area contributed by atoms with Gasteiger partial charge in [-0.3, -0.25) is 19.2 Å². The van der Waals surface area contributed by atoms with E-state index in [9.17, 15) is 33.6 Å². The van der Waals surface area contributed by atoms with Crippen molar-refractivity contribution < 1.29 is 43.0 Å². The van der Waals surface area contributed by atoms with Crippen LogP contribution in [0.2, 0.25) is 0 Å². The molecule has 364 valence electrons. The Morgan fingerprint density at radius 3 is 1.74 bits per heavy atom. The van der Waals surface area contributed by atoms with Crippen LogP contribution in [0.5, 0.6) is 0 Å². The number of carbonyl (C=O) groups is 7. The van der Waals surface area contributed by atoms with Gasteiger partial charge in [-0.15, -0.1) is 0 Å². The van der Waals surface area contributed by atoms with Crippen LogP contribution in [0.25, 0.3) is 0 Å². The molecule has 0 radical (unpaired) electrons. The first-order valence-electron chi connectivity index (χ1n) is 23.7. The number of ether oxygens (including phenoxy) is 2. The highest BCUT2D eigenvalue weighted by Crippen LogP contribution is 2.41. The maximum atomic E-state index is 14.5. The largest absolute Gasteiger partial charge is 0.444 e. The van der Waals surface area contributed by atoms with Crippen LogP contribution in [0, 0.1) is 23.2 Å². The summed E-state index contributed by atoms with van der Waals surface area (Å²) in [6.45, 7) is 17.2. The molecule has 6 amide bonds. The van der Waals surface area contributed by atoms with E-state index in [2.05, 4.69) is 21.3 Å². The molecule has 2 aromatic carbocycles. The summed E-state index contributed by atoms with van der Waals surface area (Å²) < 4.78 is 10.9. The van der Waals surface area contributed by atoms with Crippen LogP contribution in [0.1, 0.15) is 118 Å². The Labute approximate surface area is 392 Å². The van der Waals surface area contributed by atoms with Gasteiger partial charge in [0.2, 0.25) is 11.8 Å². The molecule has 2 saturated heterocycles. The van der Waals surface area contributed by atoms with E-state index in [0.29, 0.717) is 58.4 Å². The molecule has 15 heteroatoms. The number of alkyl carbamates (subject to hydrolysis) is 2. The number of ketones is 2. The maximum absolute atomic E-state index is 14.5. The Morgan fingerprint density at radius 2 is 1.20 bits per heavy atom. The van der Waals surface area contributed by atoms with Crippen molar-refractivity contribution in [2.75, 3.05) is 39.8 Å². The molecule has 2 heterocycles. The van der Waals surface area contributed by atoms with Gasteiger partial charge in [0, 0.05) is 69.9 Å². The Bertz CT molecular complexity index is 1930. The molecule has 4 atom stereocenters. The lowest BCUT2D eigenvalue weighted by atomic mass is 9.72. The number of unbranched alkanes of at least 4 members (excludes halogenated alkanes) is 1. The number of Topliss-reactive ketones (excluding diaryl/α,β-unsaturated/α-hetero) is 2. The molecule has 2 fully saturated rings. The molecular formula is C51H76N6O9. The molecule has 15 nitrogen and oxygen atoms in total. The van der Waals surface area contributed by atoms with Crippen molar-refractivity contribution in [3.05, 3.63) is 71.8 Å². The van der Waals surface area contributed by atoms with Crippen LogP contribution < -0.4 is 21.3 Å². The predicted molar refractivity (Wildman–Crippen MR) is 253 cm³/mol. The Kier molecular flexibility index (Phi) is 19.6. The number of carbonyl (C=O) groups excluding carboxylic acids is 7. The zero-order chi connectivity index (χ0) is 48.7. The molecule has 2 aromatic rings. The first-order chi connectivity index (χ1) is 31.0. The van der Waals surface area contributed by atoms with E-state index < -0.39 is 53.2 Å². The van der Waals surface area contributed by atoms with Crippen molar-refractivity contribution in [1.29, 1.82) is 0 Å². The van der Waals surface area contributed by atoms with Crippen LogP contribution in [0.4, 0.5) is 14.4 Å². The van der Waals surface area contributed by atoms with Crippen molar-refractivity contribution in [1.82, 2.24) is 31.1 Å². The first kappa shape index (κ1) is 53.1. The average Bonchev–Trinajstić information content (AvgIpc) is 3.23. The van der Waals surface area contributed by atoms with Crippen LogP contribution in [0.15, 0.2) is 60.7 Å². The highest BCUT2D eigenvalue weighted by atomic mass is 16.6. The number of hydrogen-bond acceptors (Lipinski definition) is 9. The van der Waals surface area contributed by atoms with Gasteiger partial charge in [0.25, 0.3) is 0 Å². The average molecular weight is 917 g/mol. The van der Waals surface area contributed by atoms with Crippen LogP contribution >= 0.6 is 0 Å². The molecule has 66 heavy (non-hydrogen) atoms. The molecule has 1 spiro atoms.